The molecule has 0 bridgehead atoms. The van der Waals surface area contributed by atoms with Crippen LogP contribution in [-0.4, -0.2) is 26.9 Å². The monoisotopic (exact) mass is 345 g/mol. The molecule has 26 heavy (non-hydrogen) atoms. The average molecular weight is 345 g/mol. The van der Waals surface area contributed by atoms with Gasteiger partial charge in [0, 0.05) is 35.3 Å². The van der Waals surface area contributed by atoms with Crippen molar-refractivity contribution in [2.24, 2.45) is 0 Å². The van der Waals surface area contributed by atoms with Gasteiger partial charge in [0.1, 0.15) is 17.8 Å². The van der Waals surface area contributed by atoms with E-state index >= 15 is 0 Å². The van der Waals surface area contributed by atoms with Crippen LogP contribution in [0.3, 0.4) is 0 Å². The fourth-order valence-electron chi connectivity index (χ4n) is 3.06. The minimum atomic E-state index is 0.556. The third kappa shape index (κ3) is 2.65. The van der Waals surface area contributed by atoms with Crippen LogP contribution in [0.25, 0.3) is 33.4 Å². The van der Waals surface area contributed by atoms with Crippen molar-refractivity contribution in [2.45, 2.75) is 13.5 Å². The van der Waals surface area contributed by atoms with Crippen molar-refractivity contribution in [1.29, 1.82) is 0 Å². The Morgan fingerprint density at radius 2 is 1.88 bits per heavy atom. The number of hydrogen-bond donors (Lipinski definition) is 1. The van der Waals surface area contributed by atoms with Crippen molar-refractivity contribution in [1.82, 2.24) is 19.7 Å². The Morgan fingerprint density at radius 3 is 2.62 bits per heavy atom. The SMILES string of the molecule is CCn1cc(-c2ncnc3cc(OC)c(N)cc23)c(-c2ccccc2)n1. The van der Waals surface area contributed by atoms with Crippen molar-refractivity contribution < 1.29 is 4.74 Å². The molecule has 0 saturated carbocycles. The second-order valence-corrected chi connectivity index (χ2v) is 5.95. The maximum absolute atomic E-state index is 6.12. The molecule has 0 aliphatic carbocycles. The molecular weight excluding hydrogens is 326 g/mol. The first-order chi connectivity index (χ1) is 12.7. The highest BCUT2D eigenvalue weighted by Gasteiger charge is 2.17. The summed E-state index contributed by atoms with van der Waals surface area (Å²) in [6.45, 7) is 2.84. The number of aryl methyl sites for hydroxylation is 1. The molecule has 0 unspecified atom stereocenters. The predicted octanol–water partition coefficient (Wildman–Crippen LogP) is 3.77. The molecule has 0 spiro atoms. The second kappa shape index (κ2) is 6.48. The van der Waals surface area contributed by atoms with Gasteiger partial charge in [-0.05, 0) is 13.0 Å². The highest BCUT2D eigenvalue weighted by molar-refractivity contribution is 5.98. The van der Waals surface area contributed by atoms with Gasteiger partial charge in [-0.2, -0.15) is 5.10 Å². The molecule has 0 saturated heterocycles. The summed E-state index contributed by atoms with van der Waals surface area (Å²) in [7, 11) is 1.60. The third-order valence-electron chi connectivity index (χ3n) is 4.37. The Kier molecular flexibility index (Phi) is 4.01. The van der Waals surface area contributed by atoms with Gasteiger partial charge in [0.05, 0.1) is 24.0 Å². The van der Waals surface area contributed by atoms with Crippen LogP contribution in [0.5, 0.6) is 5.75 Å². The van der Waals surface area contributed by atoms with Crippen LogP contribution in [0.1, 0.15) is 6.92 Å². The first kappa shape index (κ1) is 16.1. The van der Waals surface area contributed by atoms with Gasteiger partial charge in [0.25, 0.3) is 0 Å². The Balaban J connectivity index is 1.99. The Morgan fingerprint density at radius 1 is 1.08 bits per heavy atom. The fraction of sp³-hybridized carbons (Fsp3) is 0.150. The maximum Gasteiger partial charge on any atom is 0.143 e. The van der Waals surface area contributed by atoms with Gasteiger partial charge < -0.3 is 10.5 Å². The summed E-state index contributed by atoms with van der Waals surface area (Å²) in [5.41, 5.74) is 11.2. The highest BCUT2D eigenvalue weighted by Crippen LogP contribution is 2.36. The number of fused-ring (bicyclic) bond motifs is 1. The normalized spacial score (nSPS) is 11.0. The number of methoxy groups -OCH3 is 1. The van der Waals surface area contributed by atoms with E-state index in [1.54, 1.807) is 13.4 Å². The Labute approximate surface area is 151 Å². The summed E-state index contributed by atoms with van der Waals surface area (Å²) in [4.78, 5) is 8.92. The van der Waals surface area contributed by atoms with Gasteiger partial charge in [-0.25, -0.2) is 9.97 Å². The second-order valence-electron chi connectivity index (χ2n) is 5.95. The predicted molar refractivity (Wildman–Crippen MR) is 103 cm³/mol. The van der Waals surface area contributed by atoms with E-state index in [-0.39, 0.29) is 0 Å². The molecule has 130 valence electrons. The van der Waals surface area contributed by atoms with Crippen molar-refractivity contribution in [3.63, 3.8) is 0 Å². The number of nitrogens with zero attached hydrogens (tertiary/aromatic N) is 4. The van der Waals surface area contributed by atoms with Gasteiger partial charge in [-0.3, -0.25) is 4.68 Å². The smallest absolute Gasteiger partial charge is 0.143 e. The van der Waals surface area contributed by atoms with Crippen LogP contribution >= 0.6 is 0 Å². The lowest BCUT2D eigenvalue weighted by Gasteiger charge is -2.09. The number of anilines is 1. The van der Waals surface area contributed by atoms with E-state index in [1.807, 2.05) is 53.3 Å². The van der Waals surface area contributed by atoms with E-state index in [2.05, 4.69) is 16.9 Å². The van der Waals surface area contributed by atoms with Crippen LogP contribution in [0.15, 0.2) is 55.0 Å². The molecule has 0 aliphatic heterocycles. The summed E-state index contributed by atoms with van der Waals surface area (Å²) in [5.74, 6) is 0.606. The number of nitrogen functional groups attached to an aromatic ring is 1. The number of rotatable bonds is 4. The third-order valence-corrected chi connectivity index (χ3v) is 4.37. The molecule has 0 radical (unpaired) electrons. The maximum atomic E-state index is 6.12. The molecular formula is C20H19N5O. The number of aromatic nitrogens is 4. The summed E-state index contributed by atoms with van der Waals surface area (Å²) in [6, 6.07) is 13.8. The minimum absolute atomic E-state index is 0.556. The molecule has 4 rings (SSSR count). The summed E-state index contributed by atoms with van der Waals surface area (Å²) < 4.78 is 7.23. The lowest BCUT2D eigenvalue weighted by atomic mass is 10.0. The largest absolute Gasteiger partial charge is 0.495 e. The zero-order chi connectivity index (χ0) is 18.1. The first-order valence-electron chi connectivity index (χ1n) is 8.42. The molecule has 2 N–H and O–H groups in total. The van der Waals surface area contributed by atoms with Gasteiger partial charge in [-0.15, -0.1) is 0 Å². The minimum Gasteiger partial charge on any atom is -0.495 e. The molecule has 0 atom stereocenters. The molecule has 2 aromatic carbocycles. The van der Waals surface area contributed by atoms with Crippen LogP contribution in [0, 0.1) is 0 Å². The summed E-state index contributed by atoms with van der Waals surface area (Å²) >= 11 is 0. The van der Waals surface area contributed by atoms with Crippen molar-refractivity contribution in [3.05, 3.63) is 55.0 Å². The van der Waals surface area contributed by atoms with E-state index in [4.69, 9.17) is 15.6 Å². The molecule has 2 aromatic heterocycles. The van der Waals surface area contributed by atoms with Crippen LogP contribution in [0.4, 0.5) is 5.69 Å². The first-order valence-corrected chi connectivity index (χ1v) is 8.42. The number of hydrogen-bond acceptors (Lipinski definition) is 5. The zero-order valence-electron chi connectivity index (χ0n) is 14.7. The van der Waals surface area contributed by atoms with Crippen LogP contribution in [0.2, 0.25) is 0 Å². The molecule has 4 aromatic rings. The standard InChI is InChI=1S/C20H19N5O/c1-3-25-11-15(19(24-25)13-7-5-4-6-8-13)20-14-9-16(21)18(26-2)10-17(14)22-12-23-20/h4-12H,3,21H2,1-2H3. The van der Waals surface area contributed by atoms with E-state index in [0.29, 0.717) is 11.4 Å². The van der Waals surface area contributed by atoms with Gasteiger partial charge in [-0.1, -0.05) is 30.3 Å². The molecule has 0 amide bonds. The number of nitrogens with two attached hydrogens (primary N) is 1. The highest BCUT2D eigenvalue weighted by atomic mass is 16.5. The van der Waals surface area contributed by atoms with E-state index < -0.39 is 0 Å². The van der Waals surface area contributed by atoms with Crippen molar-refractivity contribution >= 4 is 16.6 Å². The van der Waals surface area contributed by atoms with Crippen LogP contribution < -0.4 is 10.5 Å². The van der Waals surface area contributed by atoms with Gasteiger partial charge >= 0.3 is 0 Å². The Bertz CT molecular complexity index is 1070. The van der Waals surface area contributed by atoms with Crippen molar-refractivity contribution in [3.8, 4) is 28.3 Å². The lowest BCUT2D eigenvalue weighted by molar-refractivity contribution is 0.417. The molecule has 0 aliphatic rings. The molecule has 6 nitrogen and oxygen atoms in total. The number of ether oxygens (including phenoxy) is 1. The lowest BCUT2D eigenvalue weighted by Crippen LogP contribution is -1.96. The molecule has 2 heterocycles. The summed E-state index contributed by atoms with van der Waals surface area (Å²) in [5, 5.41) is 5.61. The van der Waals surface area contributed by atoms with Gasteiger partial charge in [0.15, 0.2) is 0 Å². The van der Waals surface area contributed by atoms with E-state index in [0.717, 1.165) is 40.0 Å². The summed E-state index contributed by atoms with van der Waals surface area (Å²) in [6.07, 6.45) is 3.58. The quantitative estimate of drug-likeness (QED) is 0.570. The zero-order valence-corrected chi connectivity index (χ0v) is 14.7. The van der Waals surface area contributed by atoms with E-state index in [1.165, 1.54) is 0 Å². The van der Waals surface area contributed by atoms with Crippen LogP contribution in [-0.2, 0) is 6.54 Å². The topological polar surface area (TPSA) is 78.8 Å². The fourth-order valence-corrected chi connectivity index (χ4v) is 3.06. The van der Waals surface area contributed by atoms with Gasteiger partial charge in [0.2, 0.25) is 0 Å². The molecule has 0 fully saturated rings. The molecule has 6 heteroatoms. The Hall–Kier alpha value is -3.41. The average Bonchev–Trinajstić information content (AvgIpc) is 3.12. The van der Waals surface area contributed by atoms with Crippen molar-refractivity contribution in [2.75, 3.05) is 12.8 Å². The van der Waals surface area contributed by atoms with E-state index in [9.17, 15) is 0 Å². The number of benzene rings is 2.